The van der Waals surface area contributed by atoms with Crippen LogP contribution in [-0.2, 0) is 11.2 Å². The minimum atomic E-state index is -0.204. The van der Waals surface area contributed by atoms with Crippen molar-refractivity contribution < 1.29 is 4.79 Å². The SMILES string of the molecule is CC(C)C1(C(=O)Cc2ccnc3ccccc23)CCNC1. The molecular weight excluding hydrogens is 260 g/mol. The van der Waals surface area contributed by atoms with Crippen LogP contribution in [0, 0.1) is 11.3 Å². The van der Waals surface area contributed by atoms with Gasteiger partial charge >= 0.3 is 0 Å². The fourth-order valence-electron chi connectivity index (χ4n) is 3.42. The molecule has 2 heterocycles. The minimum absolute atomic E-state index is 0.204. The predicted molar refractivity (Wildman–Crippen MR) is 85.2 cm³/mol. The van der Waals surface area contributed by atoms with E-state index in [4.69, 9.17) is 0 Å². The van der Waals surface area contributed by atoms with E-state index in [9.17, 15) is 4.79 Å². The largest absolute Gasteiger partial charge is 0.316 e. The Morgan fingerprint density at radius 3 is 2.86 bits per heavy atom. The Bertz CT molecular complexity index is 652. The van der Waals surface area contributed by atoms with E-state index in [1.54, 1.807) is 6.20 Å². The molecule has 0 bridgehead atoms. The first-order valence-electron chi connectivity index (χ1n) is 7.70. The highest BCUT2D eigenvalue weighted by Gasteiger charge is 2.43. The first kappa shape index (κ1) is 14.2. The molecule has 0 radical (unpaired) electrons. The van der Waals surface area contributed by atoms with Crippen molar-refractivity contribution in [1.29, 1.82) is 0 Å². The Labute approximate surface area is 125 Å². The van der Waals surface area contributed by atoms with Crippen LogP contribution in [0.15, 0.2) is 36.5 Å². The topological polar surface area (TPSA) is 42.0 Å². The summed E-state index contributed by atoms with van der Waals surface area (Å²) >= 11 is 0. The van der Waals surface area contributed by atoms with Crippen LogP contribution in [0.5, 0.6) is 0 Å². The molecule has 1 aromatic heterocycles. The summed E-state index contributed by atoms with van der Waals surface area (Å²) in [5.41, 5.74) is 1.85. The summed E-state index contributed by atoms with van der Waals surface area (Å²) in [6, 6.07) is 10.0. The number of Topliss-reactive ketones (excluding diaryl/α,β-unsaturated/α-hetero) is 1. The molecule has 3 nitrogen and oxygen atoms in total. The third kappa shape index (κ3) is 2.46. The molecule has 1 aromatic carbocycles. The van der Waals surface area contributed by atoms with E-state index in [2.05, 4.69) is 30.2 Å². The second-order valence-corrected chi connectivity index (χ2v) is 6.32. The van der Waals surface area contributed by atoms with Crippen LogP contribution in [0.3, 0.4) is 0 Å². The molecule has 0 saturated carbocycles. The van der Waals surface area contributed by atoms with E-state index in [0.717, 1.165) is 36.0 Å². The molecule has 1 saturated heterocycles. The molecule has 0 spiro atoms. The quantitative estimate of drug-likeness (QED) is 0.937. The van der Waals surface area contributed by atoms with Gasteiger partial charge in [-0.1, -0.05) is 32.0 Å². The lowest BCUT2D eigenvalue weighted by Crippen LogP contribution is -2.39. The molecule has 1 fully saturated rings. The molecular formula is C18H22N2O. The van der Waals surface area contributed by atoms with Crippen LogP contribution >= 0.6 is 0 Å². The second-order valence-electron chi connectivity index (χ2n) is 6.32. The van der Waals surface area contributed by atoms with Crippen LogP contribution in [0.4, 0.5) is 0 Å². The number of carbonyl (C=O) groups excluding carboxylic acids is 1. The van der Waals surface area contributed by atoms with Gasteiger partial charge < -0.3 is 5.32 Å². The lowest BCUT2D eigenvalue weighted by Gasteiger charge is -2.31. The molecule has 1 N–H and O–H groups in total. The lowest BCUT2D eigenvalue weighted by molar-refractivity contribution is -0.129. The lowest BCUT2D eigenvalue weighted by atomic mass is 9.71. The van der Waals surface area contributed by atoms with Gasteiger partial charge in [-0.05, 0) is 36.6 Å². The maximum atomic E-state index is 13.0. The van der Waals surface area contributed by atoms with Gasteiger partial charge in [0.05, 0.1) is 5.52 Å². The normalized spacial score (nSPS) is 22.0. The average Bonchev–Trinajstić information content (AvgIpc) is 2.98. The molecule has 1 atom stereocenters. The van der Waals surface area contributed by atoms with Gasteiger partial charge in [0.1, 0.15) is 5.78 Å². The molecule has 21 heavy (non-hydrogen) atoms. The van der Waals surface area contributed by atoms with Gasteiger partial charge in [0.25, 0.3) is 0 Å². The number of benzene rings is 1. The minimum Gasteiger partial charge on any atom is -0.316 e. The summed E-state index contributed by atoms with van der Waals surface area (Å²) in [6.07, 6.45) is 3.26. The monoisotopic (exact) mass is 282 g/mol. The summed E-state index contributed by atoms with van der Waals surface area (Å²) in [5.74, 6) is 0.729. The molecule has 0 aliphatic carbocycles. The summed E-state index contributed by atoms with van der Waals surface area (Å²) in [7, 11) is 0. The zero-order chi connectivity index (χ0) is 14.9. The Kier molecular flexibility index (Phi) is 3.77. The molecule has 0 amide bonds. The van der Waals surface area contributed by atoms with Gasteiger partial charge in [-0.2, -0.15) is 0 Å². The Morgan fingerprint density at radius 1 is 1.33 bits per heavy atom. The van der Waals surface area contributed by atoms with Gasteiger partial charge in [-0.3, -0.25) is 9.78 Å². The average molecular weight is 282 g/mol. The van der Waals surface area contributed by atoms with Gasteiger partial charge in [0.2, 0.25) is 0 Å². The highest BCUT2D eigenvalue weighted by atomic mass is 16.1. The molecule has 3 rings (SSSR count). The summed E-state index contributed by atoms with van der Waals surface area (Å²) < 4.78 is 0. The summed E-state index contributed by atoms with van der Waals surface area (Å²) in [4.78, 5) is 17.3. The van der Waals surface area contributed by atoms with Crippen LogP contribution in [0.1, 0.15) is 25.8 Å². The van der Waals surface area contributed by atoms with Crippen LogP contribution < -0.4 is 5.32 Å². The molecule has 1 unspecified atom stereocenters. The van der Waals surface area contributed by atoms with E-state index >= 15 is 0 Å². The third-order valence-corrected chi connectivity index (χ3v) is 4.94. The second kappa shape index (κ2) is 5.57. The van der Waals surface area contributed by atoms with E-state index in [1.807, 2.05) is 24.3 Å². The number of hydrogen-bond donors (Lipinski definition) is 1. The molecule has 3 heteroatoms. The highest BCUT2D eigenvalue weighted by Crippen LogP contribution is 2.36. The maximum absolute atomic E-state index is 13.0. The van der Waals surface area contributed by atoms with Gasteiger partial charge in [-0.15, -0.1) is 0 Å². The Balaban J connectivity index is 1.93. The van der Waals surface area contributed by atoms with Crippen molar-refractivity contribution in [2.24, 2.45) is 11.3 Å². The number of rotatable bonds is 4. The highest BCUT2D eigenvalue weighted by molar-refractivity contribution is 5.92. The van der Waals surface area contributed by atoms with Gasteiger partial charge in [0, 0.05) is 30.0 Å². The third-order valence-electron chi connectivity index (χ3n) is 4.94. The van der Waals surface area contributed by atoms with Crippen molar-refractivity contribution in [3.63, 3.8) is 0 Å². The van der Waals surface area contributed by atoms with Crippen LogP contribution in [-0.4, -0.2) is 23.9 Å². The number of hydrogen-bond acceptors (Lipinski definition) is 3. The Hall–Kier alpha value is -1.74. The first-order chi connectivity index (χ1) is 10.1. The number of nitrogens with one attached hydrogen (secondary N) is 1. The predicted octanol–water partition coefficient (Wildman–Crippen LogP) is 2.98. The van der Waals surface area contributed by atoms with Crippen molar-refractivity contribution in [3.05, 3.63) is 42.1 Å². The van der Waals surface area contributed by atoms with Gasteiger partial charge in [-0.25, -0.2) is 0 Å². The smallest absolute Gasteiger partial charge is 0.144 e. The van der Waals surface area contributed by atoms with E-state index in [0.29, 0.717) is 18.1 Å². The number of para-hydroxylation sites is 1. The Morgan fingerprint density at radius 2 is 2.14 bits per heavy atom. The maximum Gasteiger partial charge on any atom is 0.144 e. The molecule has 110 valence electrons. The van der Waals surface area contributed by atoms with Gasteiger partial charge in [0.15, 0.2) is 0 Å². The molecule has 1 aliphatic heterocycles. The number of fused-ring (bicyclic) bond motifs is 1. The van der Waals surface area contributed by atoms with Crippen molar-refractivity contribution in [3.8, 4) is 0 Å². The number of aromatic nitrogens is 1. The van der Waals surface area contributed by atoms with Crippen LogP contribution in [0.25, 0.3) is 10.9 Å². The zero-order valence-corrected chi connectivity index (χ0v) is 12.7. The van der Waals surface area contributed by atoms with Crippen molar-refractivity contribution in [2.75, 3.05) is 13.1 Å². The van der Waals surface area contributed by atoms with Crippen LogP contribution in [0.2, 0.25) is 0 Å². The molecule has 2 aromatic rings. The number of carbonyl (C=O) groups is 1. The molecule has 1 aliphatic rings. The van der Waals surface area contributed by atoms with Crippen molar-refractivity contribution in [2.45, 2.75) is 26.7 Å². The zero-order valence-electron chi connectivity index (χ0n) is 12.7. The van der Waals surface area contributed by atoms with E-state index in [1.165, 1.54) is 0 Å². The fraction of sp³-hybridized carbons (Fsp3) is 0.444. The number of ketones is 1. The van der Waals surface area contributed by atoms with Crippen molar-refractivity contribution in [1.82, 2.24) is 10.3 Å². The summed E-state index contributed by atoms with van der Waals surface area (Å²) in [6.45, 7) is 6.08. The first-order valence-corrected chi connectivity index (χ1v) is 7.70. The number of nitrogens with zero attached hydrogens (tertiary/aromatic N) is 1. The van der Waals surface area contributed by atoms with Crippen molar-refractivity contribution >= 4 is 16.7 Å². The van der Waals surface area contributed by atoms with E-state index in [-0.39, 0.29) is 5.41 Å². The summed E-state index contributed by atoms with van der Waals surface area (Å²) in [5, 5.41) is 4.46. The van der Waals surface area contributed by atoms with E-state index < -0.39 is 0 Å². The number of pyridine rings is 1. The fourth-order valence-corrected chi connectivity index (χ4v) is 3.42. The standard InChI is InChI=1S/C18H22N2O/c1-13(2)18(8-10-19-12-18)17(21)11-14-7-9-20-16-6-4-3-5-15(14)16/h3-7,9,13,19H,8,10-12H2,1-2H3.